The van der Waals surface area contributed by atoms with Crippen LogP contribution >= 0.6 is 0 Å². The molecule has 2 N–H and O–H groups in total. The van der Waals surface area contributed by atoms with Gasteiger partial charge in [0, 0.05) is 6.54 Å². The van der Waals surface area contributed by atoms with Crippen LogP contribution in [0.4, 0.5) is 0 Å². The van der Waals surface area contributed by atoms with Crippen molar-refractivity contribution in [1.29, 1.82) is 0 Å². The van der Waals surface area contributed by atoms with E-state index in [1.54, 1.807) is 0 Å². The molecule has 0 saturated carbocycles. The highest BCUT2D eigenvalue weighted by molar-refractivity contribution is 5.94. The predicted molar refractivity (Wildman–Crippen MR) is 67.6 cm³/mol. The summed E-state index contributed by atoms with van der Waals surface area (Å²) in [5.74, 6) is -1.02. The zero-order valence-corrected chi connectivity index (χ0v) is 10.6. The Labute approximate surface area is 106 Å². The average molecular weight is 250 g/mol. The number of nitrogens with one attached hydrogen (secondary N) is 1. The van der Waals surface area contributed by atoms with E-state index in [1.165, 1.54) is 18.2 Å². The van der Waals surface area contributed by atoms with Gasteiger partial charge in [0.1, 0.15) is 11.4 Å². The van der Waals surface area contributed by atoms with Crippen molar-refractivity contribution in [1.82, 2.24) is 10.3 Å². The number of aromatic nitrogens is 1. The number of hydrogen-bond donors (Lipinski definition) is 2. The first-order valence-electron chi connectivity index (χ1n) is 6.07. The Hall–Kier alpha value is -1.91. The molecule has 0 fully saturated rings. The molecule has 0 aliphatic heterocycles. The number of carbonyl (C=O) groups is 2. The third-order valence-electron chi connectivity index (χ3n) is 2.91. The maximum absolute atomic E-state index is 11.8. The van der Waals surface area contributed by atoms with Gasteiger partial charge in [0.25, 0.3) is 5.91 Å². The first-order valence-corrected chi connectivity index (χ1v) is 6.07. The molecule has 0 aliphatic carbocycles. The SMILES string of the molecule is CCC(CC)CNC(=O)c1cccc(C(=O)O)n1. The Morgan fingerprint density at radius 3 is 2.44 bits per heavy atom. The molecule has 1 aromatic heterocycles. The van der Waals surface area contributed by atoms with Crippen molar-refractivity contribution in [2.24, 2.45) is 5.92 Å². The predicted octanol–water partition coefficient (Wildman–Crippen LogP) is 1.95. The molecular weight excluding hydrogens is 232 g/mol. The van der Waals surface area contributed by atoms with Gasteiger partial charge in [-0.15, -0.1) is 0 Å². The van der Waals surface area contributed by atoms with E-state index in [-0.39, 0.29) is 17.3 Å². The Kier molecular flexibility index (Phi) is 5.30. The molecule has 0 bridgehead atoms. The van der Waals surface area contributed by atoms with Crippen LogP contribution in [0.1, 0.15) is 47.7 Å². The van der Waals surface area contributed by atoms with Gasteiger partial charge < -0.3 is 10.4 Å². The van der Waals surface area contributed by atoms with Gasteiger partial charge in [0.2, 0.25) is 0 Å². The highest BCUT2D eigenvalue weighted by Crippen LogP contribution is 2.06. The fraction of sp³-hybridized carbons (Fsp3) is 0.462. The van der Waals surface area contributed by atoms with Gasteiger partial charge in [-0.1, -0.05) is 32.8 Å². The standard InChI is InChI=1S/C13H18N2O3/c1-3-9(4-2)8-14-12(16)10-6-5-7-11(15-10)13(17)18/h5-7,9H,3-4,8H2,1-2H3,(H,14,16)(H,17,18). The summed E-state index contributed by atoms with van der Waals surface area (Å²) in [6, 6.07) is 4.39. The molecule has 1 amide bonds. The summed E-state index contributed by atoms with van der Waals surface area (Å²) in [4.78, 5) is 26.3. The second kappa shape index (κ2) is 6.74. The van der Waals surface area contributed by atoms with Crippen LogP contribution in [0.5, 0.6) is 0 Å². The van der Waals surface area contributed by atoms with Crippen molar-refractivity contribution in [2.75, 3.05) is 6.54 Å². The Morgan fingerprint density at radius 1 is 1.28 bits per heavy atom. The molecule has 1 aromatic rings. The van der Waals surface area contributed by atoms with E-state index >= 15 is 0 Å². The highest BCUT2D eigenvalue weighted by Gasteiger charge is 2.12. The average Bonchev–Trinajstić information content (AvgIpc) is 2.39. The molecular formula is C13H18N2O3. The maximum Gasteiger partial charge on any atom is 0.354 e. The molecule has 5 heteroatoms. The molecule has 1 heterocycles. The lowest BCUT2D eigenvalue weighted by molar-refractivity contribution is 0.0690. The minimum Gasteiger partial charge on any atom is -0.477 e. The Balaban J connectivity index is 2.67. The van der Waals surface area contributed by atoms with Crippen LogP contribution in [0, 0.1) is 5.92 Å². The first kappa shape index (κ1) is 14.2. The minimum atomic E-state index is -1.13. The Morgan fingerprint density at radius 2 is 1.89 bits per heavy atom. The lowest BCUT2D eigenvalue weighted by Gasteiger charge is -2.12. The number of carbonyl (C=O) groups excluding carboxylic acids is 1. The van der Waals surface area contributed by atoms with Gasteiger partial charge in [-0.05, 0) is 18.1 Å². The summed E-state index contributed by atoms with van der Waals surface area (Å²) in [5, 5.41) is 11.6. The van der Waals surface area contributed by atoms with E-state index in [9.17, 15) is 9.59 Å². The lowest BCUT2D eigenvalue weighted by atomic mass is 10.0. The number of carboxylic acids is 1. The summed E-state index contributed by atoms with van der Waals surface area (Å²) in [7, 11) is 0. The molecule has 0 spiro atoms. The number of amides is 1. The van der Waals surface area contributed by atoms with Crippen LogP contribution in [-0.4, -0.2) is 28.5 Å². The second-order valence-corrected chi connectivity index (χ2v) is 4.11. The lowest BCUT2D eigenvalue weighted by Crippen LogP contribution is -2.29. The normalized spacial score (nSPS) is 10.4. The molecule has 18 heavy (non-hydrogen) atoms. The van der Waals surface area contributed by atoms with E-state index in [1.807, 2.05) is 0 Å². The van der Waals surface area contributed by atoms with E-state index in [4.69, 9.17) is 5.11 Å². The first-order chi connectivity index (χ1) is 8.58. The molecule has 0 radical (unpaired) electrons. The van der Waals surface area contributed by atoms with Crippen molar-refractivity contribution in [2.45, 2.75) is 26.7 Å². The largest absolute Gasteiger partial charge is 0.477 e. The molecule has 0 aliphatic rings. The highest BCUT2D eigenvalue weighted by atomic mass is 16.4. The molecule has 0 unspecified atom stereocenters. The van der Waals surface area contributed by atoms with Crippen molar-refractivity contribution < 1.29 is 14.7 Å². The zero-order valence-electron chi connectivity index (χ0n) is 10.6. The number of nitrogens with zero attached hydrogens (tertiary/aromatic N) is 1. The van der Waals surface area contributed by atoms with Crippen LogP contribution in [0.3, 0.4) is 0 Å². The van der Waals surface area contributed by atoms with E-state index in [0.29, 0.717) is 12.5 Å². The van der Waals surface area contributed by atoms with Gasteiger partial charge in [0.15, 0.2) is 0 Å². The van der Waals surface area contributed by atoms with E-state index in [0.717, 1.165) is 12.8 Å². The van der Waals surface area contributed by atoms with E-state index < -0.39 is 5.97 Å². The minimum absolute atomic E-state index is 0.120. The van der Waals surface area contributed by atoms with Gasteiger partial charge >= 0.3 is 5.97 Å². The topological polar surface area (TPSA) is 79.3 Å². The van der Waals surface area contributed by atoms with Crippen LogP contribution in [0.15, 0.2) is 18.2 Å². The fourth-order valence-electron chi connectivity index (χ4n) is 1.59. The third-order valence-corrected chi connectivity index (χ3v) is 2.91. The zero-order chi connectivity index (χ0) is 13.5. The molecule has 5 nitrogen and oxygen atoms in total. The van der Waals surface area contributed by atoms with Crippen LogP contribution < -0.4 is 5.32 Å². The quantitative estimate of drug-likeness (QED) is 0.808. The van der Waals surface area contributed by atoms with Gasteiger partial charge in [-0.25, -0.2) is 9.78 Å². The van der Waals surface area contributed by atoms with Crippen molar-refractivity contribution in [3.63, 3.8) is 0 Å². The number of pyridine rings is 1. The van der Waals surface area contributed by atoms with Gasteiger partial charge in [0.05, 0.1) is 0 Å². The fourth-order valence-corrected chi connectivity index (χ4v) is 1.59. The summed E-state index contributed by atoms with van der Waals surface area (Å²) in [5.41, 5.74) is 0.0195. The number of rotatable bonds is 6. The number of hydrogen-bond acceptors (Lipinski definition) is 3. The maximum atomic E-state index is 11.8. The molecule has 98 valence electrons. The number of aromatic carboxylic acids is 1. The molecule has 0 aromatic carbocycles. The number of carboxylic acid groups (broad SMARTS) is 1. The molecule has 1 rings (SSSR count). The third kappa shape index (κ3) is 3.84. The molecule has 0 saturated heterocycles. The summed E-state index contributed by atoms with van der Waals surface area (Å²) < 4.78 is 0. The monoisotopic (exact) mass is 250 g/mol. The van der Waals surface area contributed by atoms with Crippen LogP contribution in [0.25, 0.3) is 0 Å². The van der Waals surface area contributed by atoms with Crippen molar-refractivity contribution in [3.8, 4) is 0 Å². The van der Waals surface area contributed by atoms with Gasteiger partial charge in [-0.2, -0.15) is 0 Å². The summed E-state index contributed by atoms with van der Waals surface area (Å²) >= 11 is 0. The smallest absolute Gasteiger partial charge is 0.354 e. The summed E-state index contributed by atoms with van der Waals surface area (Å²) in [6.45, 7) is 4.73. The van der Waals surface area contributed by atoms with E-state index in [2.05, 4.69) is 24.1 Å². The van der Waals surface area contributed by atoms with Crippen LogP contribution in [-0.2, 0) is 0 Å². The van der Waals surface area contributed by atoms with Gasteiger partial charge in [-0.3, -0.25) is 4.79 Å². The Bertz CT molecular complexity index is 428. The molecule has 0 atom stereocenters. The van der Waals surface area contributed by atoms with Crippen LogP contribution in [0.2, 0.25) is 0 Å². The summed E-state index contributed by atoms with van der Waals surface area (Å²) in [6.07, 6.45) is 2.00. The van der Waals surface area contributed by atoms with Crippen molar-refractivity contribution in [3.05, 3.63) is 29.6 Å². The second-order valence-electron chi connectivity index (χ2n) is 4.11. The van der Waals surface area contributed by atoms with Crippen molar-refractivity contribution >= 4 is 11.9 Å².